The molecule has 5 nitrogen and oxygen atoms in total. The number of nitrogens with two attached hydrogens (primary N) is 1. The molecule has 0 atom stereocenters. The Morgan fingerprint density at radius 1 is 1.43 bits per heavy atom. The van der Waals surface area contributed by atoms with Crippen LogP contribution in [-0.2, 0) is 0 Å². The van der Waals surface area contributed by atoms with Crippen molar-refractivity contribution < 1.29 is 14.6 Å². The number of aliphatic hydroxyl groups is 1. The number of carbonyl (C=O) groups is 1. The van der Waals surface area contributed by atoms with Gasteiger partial charge in [-0.05, 0) is 38.0 Å². The van der Waals surface area contributed by atoms with E-state index in [1.54, 1.807) is 23.1 Å². The Hall–Kier alpha value is -1.75. The average Bonchev–Trinajstić information content (AvgIpc) is 3.00. The predicted octanol–water partition coefficient (Wildman–Crippen LogP) is 2.04. The molecule has 0 saturated heterocycles. The van der Waals surface area contributed by atoms with Crippen molar-refractivity contribution in [3.8, 4) is 5.75 Å². The van der Waals surface area contributed by atoms with E-state index in [1.807, 2.05) is 6.92 Å². The quantitative estimate of drug-likeness (QED) is 0.787. The van der Waals surface area contributed by atoms with E-state index < -0.39 is 0 Å². The molecule has 3 N–H and O–H groups in total. The van der Waals surface area contributed by atoms with Crippen molar-refractivity contribution in [2.75, 3.05) is 25.5 Å². The number of benzene rings is 1. The summed E-state index contributed by atoms with van der Waals surface area (Å²) in [6.45, 7) is 2.78. The Bertz CT molecular complexity index is 484. The minimum Gasteiger partial charge on any atom is -0.492 e. The highest BCUT2D eigenvalue weighted by molar-refractivity contribution is 5.95. The van der Waals surface area contributed by atoms with E-state index in [9.17, 15) is 9.90 Å². The summed E-state index contributed by atoms with van der Waals surface area (Å²) in [5, 5.41) is 9.22. The Kier molecular flexibility index (Phi) is 5.44. The number of nitrogen functional groups attached to an aromatic ring is 1. The number of nitrogens with zero attached hydrogens (tertiary/aromatic N) is 1. The molecular weight excluding hydrogens is 268 g/mol. The zero-order chi connectivity index (χ0) is 15.2. The molecule has 1 amide bonds. The Balaban J connectivity index is 2.17. The molecule has 0 aromatic heterocycles. The van der Waals surface area contributed by atoms with Gasteiger partial charge in [-0.2, -0.15) is 0 Å². The molecule has 21 heavy (non-hydrogen) atoms. The number of amides is 1. The maximum atomic E-state index is 12.7. The molecule has 5 heteroatoms. The largest absolute Gasteiger partial charge is 0.492 e. The number of rotatable bonds is 6. The molecule has 0 radical (unpaired) electrons. The van der Waals surface area contributed by atoms with Crippen molar-refractivity contribution in [3.63, 3.8) is 0 Å². The van der Waals surface area contributed by atoms with E-state index in [1.165, 1.54) is 0 Å². The van der Waals surface area contributed by atoms with Crippen molar-refractivity contribution in [3.05, 3.63) is 23.8 Å². The molecule has 0 spiro atoms. The first-order chi connectivity index (χ1) is 10.2. The third-order valence-corrected chi connectivity index (χ3v) is 3.92. The molecule has 0 bridgehead atoms. The van der Waals surface area contributed by atoms with E-state index in [-0.39, 0.29) is 18.6 Å². The number of hydrogen-bond donors (Lipinski definition) is 2. The second-order valence-electron chi connectivity index (χ2n) is 5.35. The number of aliphatic hydroxyl groups excluding tert-OH is 1. The first-order valence-corrected chi connectivity index (χ1v) is 7.61. The summed E-state index contributed by atoms with van der Waals surface area (Å²) in [6, 6.07) is 5.37. The summed E-state index contributed by atoms with van der Waals surface area (Å²) in [7, 11) is 0. The molecule has 1 aliphatic rings. The van der Waals surface area contributed by atoms with Crippen LogP contribution in [-0.4, -0.2) is 41.7 Å². The van der Waals surface area contributed by atoms with Crippen LogP contribution >= 0.6 is 0 Å². The van der Waals surface area contributed by atoms with Crippen LogP contribution < -0.4 is 10.5 Å². The summed E-state index contributed by atoms with van der Waals surface area (Å²) in [5.74, 6) is 0.536. The molecule has 1 aromatic carbocycles. The lowest BCUT2D eigenvalue weighted by Crippen LogP contribution is -2.40. The van der Waals surface area contributed by atoms with E-state index in [2.05, 4.69) is 0 Å². The Morgan fingerprint density at radius 3 is 2.71 bits per heavy atom. The molecular formula is C16H24N2O3. The average molecular weight is 292 g/mol. The second-order valence-corrected chi connectivity index (χ2v) is 5.35. The zero-order valence-electron chi connectivity index (χ0n) is 12.5. The molecule has 1 aliphatic carbocycles. The topological polar surface area (TPSA) is 75.8 Å². The van der Waals surface area contributed by atoms with Gasteiger partial charge in [-0.25, -0.2) is 0 Å². The maximum absolute atomic E-state index is 12.7. The van der Waals surface area contributed by atoms with E-state index in [0.29, 0.717) is 30.2 Å². The fourth-order valence-electron chi connectivity index (χ4n) is 2.91. The van der Waals surface area contributed by atoms with Gasteiger partial charge in [0.05, 0.1) is 18.9 Å². The molecule has 0 unspecified atom stereocenters. The van der Waals surface area contributed by atoms with Gasteiger partial charge in [0.1, 0.15) is 5.75 Å². The van der Waals surface area contributed by atoms with Crippen LogP contribution in [0.3, 0.4) is 0 Å². The maximum Gasteiger partial charge on any atom is 0.254 e. The van der Waals surface area contributed by atoms with Crippen molar-refractivity contribution in [2.45, 2.75) is 38.6 Å². The molecule has 1 saturated carbocycles. The Labute approximate surface area is 125 Å². The Morgan fingerprint density at radius 2 is 2.14 bits per heavy atom. The lowest BCUT2D eigenvalue weighted by Gasteiger charge is -2.28. The number of ether oxygens (including phenoxy) is 1. The standard InChI is InChI=1S/C16H24N2O3/c1-2-21-15-8-7-12(11-14(15)17)16(20)18(9-10-19)13-5-3-4-6-13/h7-8,11,13,19H,2-6,9-10,17H2,1H3. The first kappa shape index (κ1) is 15.6. The minimum atomic E-state index is -0.0642. The van der Waals surface area contributed by atoms with E-state index in [0.717, 1.165) is 25.7 Å². The summed E-state index contributed by atoms with van der Waals surface area (Å²) >= 11 is 0. The van der Waals surface area contributed by atoms with Gasteiger partial charge < -0.3 is 20.5 Å². The van der Waals surface area contributed by atoms with Gasteiger partial charge in [0.15, 0.2) is 0 Å². The first-order valence-electron chi connectivity index (χ1n) is 7.61. The molecule has 1 aromatic rings. The zero-order valence-corrected chi connectivity index (χ0v) is 12.5. The molecule has 0 aliphatic heterocycles. The predicted molar refractivity (Wildman–Crippen MR) is 82.4 cm³/mol. The van der Waals surface area contributed by atoms with Gasteiger partial charge >= 0.3 is 0 Å². The van der Waals surface area contributed by atoms with Crippen LogP contribution in [0.25, 0.3) is 0 Å². The smallest absolute Gasteiger partial charge is 0.254 e. The highest BCUT2D eigenvalue weighted by Gasteiger charge is 2.27. The summed E-state index contributed by atoms with van der Waals surface area (Å²) in [4.78, 5) is 14.4. The monoisotopic (exact) mass is 292 g/mol. The van der Waals surface area contributed by atoms with Crippen LogP contribution in [0.15, 0.2) is 18.2 Å². The highest BCUT2D eigenvalue weighted by Crippen LogP contribution is 2.27. The van der Waals surface area contributed by atoms with Crippen molar-refractivity contribution >= 4 is 11.6 Å². The summed E-state index contributed by atoms with van der Waals surface area (Å²) < 4.78 is 5.39. The molecule has 1 fully saturated rings. The fraction of sp³-hybridized carbons (Fsp3) is 0.562. The second kappa shape index (κ2) is 7.31. The van der Waals surface area contributed by atoms with Crippen LogP contribution in [0.1, 0.15) is 43.0 Å². The normalized spacial score (nSPS) is 15.1. The molecule has 2 rings (SSSR count). The number of hydrogen-bond acceptors (Lipinski definition) is 4. The number of carbonyl (C=O) groups excluding carboxylic acids is 1. The van der Waals surface area contributed by atoms with Crippen LogP contribution in [0.4, 0.5) is 5.69 Å². The highest BCUT2D eigenvalue weighted by atomic mass is 16.5. The van der Waals surface area contributed by atoms with E-state index >= 15 is 0 Å². The van der Waals surface area contributed by atoms with Gasteiger partial charge in [-0.1, -0.05) is 12.8 Å². The lowest BCUT2D eigenvalue weighted by atomic mass is 10.1. The fourth-order valence-corrected chi connectivity index (χ4v) is 2.91. The summed E-state index contributed by atoms with van der Waals surface area (Å²) in [5.41, 5.74) is 6.95. The van der Waals surface area contributed by atoms with Crippen molar-refractivity contribution in [2.24, 2.45) is 0 Å². The SMILES string of the molecule is CCOc1ccc(C(=O)N(CCO)C2CCCC2)cc1N. The van der Waals surface area contributed by atoms with Crippen molar-refractivity contribution in [1.82, 2.24) is 4.90 Å². The van der Waals surface area contributed by atoms with Gasteiger partial charge in [0.25, 0.3) is 5.91 Å². The molecule has 116 valence electrons. The third-order valence-electron chi connectivity index (χ3n) is 3.92. The van der Waals surface area contributed by atoms with Gasteiger partial charge in [0, 0.05) is 18.2 Å². The van der Waals surface area contributed by atoms with Crippen LogP contribution in [0.2, 0.25) is 0 Å². The van der Waals surface area contributed by atoms with Crippen molar-refractivity contribution in [1.29, 1.82) is 0 Å². The number of anilines is 1. The van der Waals surface area contributed by atoms with Gasteiger partial charge in [-0.15, -0.1) is 0 Å². The third kappa shape index (κ3) is 3.67. The minimum absolute atomic E-state index is 0.0191. The van der Waals surface area contributed by atoms with Gasteiger partial charge in [0.2, 0.25) is 0 Å². The van der Waals surface area contributed by atoms with Crippen LogP contribution in [0.5, 0.6) is 5.75 Å². The lowest BCUT2D eigenvalue weighted by molar-refractivity contribution is 0.0638. The summed E-state index contributed by atoms with van der Waals surface area (Å²) in [6.07, 6.45) is 4.31. The van der Waals surface area contributed by atoms with E-state index in [4.69, 9.17) is 10.5 Å². The van der Waals surface area contributed by atoms with Crippen LogP contribution in [0, 0.1) is 0 Å². The molecule has 0 heterocycles. The van der Waals surface area contributed by atoms with Gasteiger partial charge in [-0.3, -0.25) is 4.79 Å².